The maximum Gasteiger partial charge on any atom is 0.178 e. The van der Waals surface area contributed by atoms with Crippen molar-refractivity contribution in [3.63, 3.8) is 0 Å². The molecular formula is C11H13ClN4O. The highest BCUT2D eigenvalue weighted by Gasteiger charge is 2.23. The van der Waals surface area contributed by atoms with Gasteiger partial charge in [-0.2, -0.15) is 5.10 Å². The minimum absolute atomic E-state index is 0.164. The fourth-order valence-electron chi connectivity index (χ4n) is 2.37. The van der Waals surface area contributed by atoms with Crippen LogP contribution in [0.1, 0.15) is 31.7 Å². The van der Waals surface area contributed by atoms with Crippen LogP contribution in [0.25, 0.3) is 11.2 Å². The number of aliphatic hydroxyl groups is 1. The standard InChI is InChI=1S/C11H13ClN4O/c12-10-6-13-9-5-14-16(11(9)15-10)7-1-3-8(17)4-2-7/h5-8,17H,1-4H2/t7-,8-. The molecule has 5 nitrogen and oxygen atoms in total. The van der Waals surface area contributed by atoms with Crippen molar-refractivity contribution >= 4 is 22.8 Å². The lowest BCUT2D eigenvalue weighted by molar-refractivity contribution is 0.109. The average molecular weight is 253 g/mol. The largest absolute Gasteiger partial charge is 0.393 e. The molecule has 3 rings (SSSR count). The number of fused-ring (bicyclic) bond motifs is 1. The zero-order chi connectivity index (χ0) is 11.8. The van der Waals surface area contributed by atoms with Crippen LogP contribution in [0.3, 0.4) is 0 Å². The first-order valence-electron chi connectivity index (χ1n) is 5.78. The van der Waals surface area contributed by atoms with Gasteiger partial charge in [0.2, 0.25) is 0 Å². The van der Waals surface area contributed by atoms with Crippen LogP contribution in [-0.2, 0) is 0 Å². The molecule has 1 fully saturated rings. The van der Waals surface area contributed by atoms with Crippen LogP contribution in [0.15, 0.2) is 12.4 Å². The zero-order valence-electron chi connectivity index (χ0n) is 9.25. The Balaban J connectivity index is 1.97. The number of rotatable bonds is 1. The third-order valence-electron chi connectivity index (χ3n) is 3.29. The van der Waals surface area contributed by atoms with E-state index in [1.807, 2.05) is 4.68 Å². The van der Waals surface area contributed by atoms with Gasteiger partial charge in [0.15, 0.2) is 5.65 Å². The number of halogens is 1. The summed E-state index contributed by atoms with van der Waals surface area (Å²) >= 11 is 5.85. The van der Waals surface area contributed by atoms with Gasteiger partial charge in [-0.1, -0.05) is 11.6 Å². The summed E-state index contributed by atoms with van der Waals surface area (Å²) in [4.78, 5) is 8.45. The Labute approximate surface area is 103 Å². The van der Waals surface area contributed by atoms with Crippen molar-refractivity contribution in [1.29, 1.82) is 0 Å². The van der Waals surface area contributed by atoms with Crippen molar-refractivity contribution in [3.8, 4) is 0 Å². The molecule has 0 amide bonds. The molecule has 17 heavy (non-hydrogen) atoms. The van der Waals surface area contributed by atoms with E-state index in [1.165, 1.54) is 6.20 Å². The van der Waals surface area contributed by atoms with E-state index in [0.717, 1.165) is 36.8 Å². The Morgan fingerprint density at radius 1 is 1.24 bits per heavy atom. The lowest BCUT2D eigenvalue weighted by atomic mass is 9.93. The monoisotopic (exact) mass is 252 g/mol. The lowest BCUT2D eigenvalue weighted by Crippen LogP contribution is -2.21. The van der Waals surface area contributed by atoms with Gasteiger partial charge in [0.1, 0.15) is 10.7 Å². The van der Waals surface area contributed by atoms with E-state index in [1.54, 1.807) is 6.20 Å². The van der Waals surface area contributed by atoms with E-state index in [9.17, 15) is 5.11 Å². The summed E-state index contributed by atoms with van der Waals surface area (Å²) in [5, 5.41) is 14.2. The summed E-state index contributed by atoms with van der Waals surface area (Å²) in [6, 6.07) is 0.295. The summed E-state index contributed by atoms with van der Waals surface area (Å²) < 4.78 is 1.89. The molecular weight excluding hydrogens is 240 g/mol. The SMILES string of the molecule is O[C@H]1CC[C@H](n2ncc3ncc(Cl)nc32)CC1. The summed E-state index contributed by atoms with van der Waals surface area (Å²) in [6.45, 7) is 0. The van der Waals surface area contributed by atoms with Gasteiger partial charge < -0.3 is 5.11 Å². The van der Waals surface area contributed by atoms with Crippen molar-refractivity contribution in [3.05, 3.63) is 17.5 Å². The van der Waals surface area contributed by atoms with Crippen LogP contribution in [0.4, 0.5) is 0 Å². The molecule has 0 atom stereocenters. The number of hydrogen-bond acceptors (Lipinski definition) is 4. The van der Waals surface area contributed by atoms with Gasteiger partial charge >= 0.3 is 0 Å². The Bertz CT molecular complexity index is 533. The average Bonchev–Trinajstić information content (AvgIpc) is 2.73. The quantitative estimate of drug-likeness (QED) is 0.843. The third-order valence-corrected chi connectivity index (χ3v) is 3.47. The van der Waals surface area contributed by atoms with Crippen LogP contribution < -0.4 is 0 Å². The summed E-state index contributed by atoms with van der Waals surface area (Å²) in [5.74, 6) is 0. The summed E-state index contributed by atoms with van der Waals surface area (Å²) in [5.41, 5.74) is 1.50. The fourth-order valence-corrected chi connectivity index (χ4v) is 2.50. The second-order valence-electron chi connectivity index (χ2n) is 4.45. The Morgan fingerprint density at radius 2 is 2.00 bits per heavy atom. The third kappa shape index (κ3) is 2.00. The number of nitrogens with zero attached hydrogens (tertiary/aromatic N) is 4. The minimum Gasteiger partial charge on any atom is -0.393 e. The summed E-state index contributed by atoms with van der Waals surface area (Å²) in [6.07, 6.45) is 6.56. The van der Waals surface area contributed by atoms with E-state index >= 15 is 0 Å². The second kappa shape index (κ2) is 4.23. The van der Waals surface area contributed by atoms with E-state index in [4.69, 9.17) is 11.6 Å². The molecule has 2 aromatic heterocycles. The molecule has 1 aliphatic carbocycles. The van der Waals surface area contributed by atoms with E-state index in [2.05, 4.69) is 15.1 Å². The van der Waals surface area contributed by atoms with E-state index in [-0.39, 0.29) is 6.10 Å². The van der Waals surface area contributed by atoms with Crippen LogP contribution >= 0.6 is 11.6 Å². The van der Waals surface area contributed by atoms with Gasteiger partial charge in [0.05, 0.1) is 24.5 Å². The molecule has 0 spiro atoms. The molecule has 90 valence electrons. The molecule has 0 saturated heterocycles. The first-order chi connectivity index (χ1) is 8.24. The molecule has 0 bridgehead atoms. The smallest absolute Gasteiger partial charge is 0.178 e. The zero-order valence-corrected chi connectivity index (χ0v) is 10.0. The van der Waals surface area contributed by atoms with Gasteiger partial charge in [-0.3, -0.25) is 0 Å². The highest BCUT2D eigenvalue weighted by molar-refractivity contribution is 6.29. The van der Waals surface area contributed by atoms with Crippen molar-refractivity contribution in [1.82, 2.24) is 19.7 Å². The lowest BCUT2D eigenvalue weighted by Gasteiger charge is -2.25. The van der Waals surface area contributed by atoms with E-state index < -0.39 is 0 Å². The number of aliphatic hydroxyl groups excluding tert-OH is 1. The normalized spacial score (nSPS) is 25.3. The molecule has 0 radical (unpaired) electrons. The first kappa shape index (κ1) is 10.9. The molecule has 0 aliphatic heterocycles. The van der Waals surface area contributed by atoms with Gasteiger partial charge in [0.25, 0.3) is 0 Å². The maximum atomic E-state index is 9.50. The van der Waals surface area contributed by atoms with Gasteiger partial charge in [-0.25, -0.2) is 14.6 Å². The van der Waals surface area contributed by atoms with E-state index in [0.29, 0.717) is 11.2 Å². The van der Waals surface area contributed by atoms with Crippen LogP contribution in [0.5, 0.6) is 0 Å². The Hall–Kier alpha value is -1.20. The predicted molar refractivity (Wildman–Crippen MR) is 63.8 cm³/mol. The molecule has 0 aromatic carbocycles. The van der Waals surface area contributed by atoms with Crippen LogP contribution in [0, 0.1) is 0 Å². The predicted octanol–water partition coefficient (Wildman–Crippen LogP) is 1.96. The number of aromatic nitrogens is 4. The maximum absolute atomic E-state index is 9.50. The minimum atomic E-state index is -0.164. The Morgan fingerprint density at radius 3 is 2.76 bits per heavy atom. The van der Waals surface area contributed by atoms with Gasteiger partial charge in [0, 0.05) is 0 Å². The topological polar surface area (TPSA) is 63.8 Å². The second-order valence-corrected chi connectivity index (χ2v) is 4.84. The van der Waals surface area contributed by atoms with Crippen molar-refractivity contribution in [2.75, 3.05) is 0 Å². The molecule has 0 unspecified atom stereocenters. The fraction of sp³-hybridized carbons (Fsp3) is 0.545. The molecule has 1 saturated carbocycles. The molecule has 2 heterocycles. The highest BCUT2D eigenvalue weighted by atomic mass is 35.5. The Kier molecular flexibility index (Phi) is 2.72. The van der Waals surface area contributed by atoms with Gasteiger partial charge in [-0.05, 0) is 25.7 Å². The highest BCUT2D eigenvalue weighted by Crippen LogP contribution is 2.29. The van der Waals surface area contributed by atoms with Crippen molar-refractivity contribution in [2.24, 2.45) is 0 Å². The number of hydrogen-bond donors (Lipinski definition) is 1. The van der Waals surface area contributed by atoms with Gasteiger partial charge in [-0.15, -0.1) is 0 Å². The van der Waals surface area contributed by atoms with Crippen LogP contribution in [0.2, 0.25) is 5.15 Å². The molecule has 2 aromatic rings. The molecule has 6 heteroatoms. The molecule has 1 aliphatic rings. The summed E-state index contributed by atoms with van der Waals surface area (Å²) in [7, 11) is 0. The van der Waals surface area contributed by atoms with Crippen LogP contribution in [-0.4, -0.2) is 31.0 Å². The molecule has 1 N–H and O–H groups in total. The van der Waals surface area contributed by atoms with Crippen molar-refractivity contribution in [2.45, 2.75) is 37.8 Å². The van der Waals surface area contributed by atoms with Crippen molar-refractivity contribution < 1.29 is 5.11 Å². The first-order valence-corrected chi connectivity index (χ1v) is 6.15.